The fourth-order valence-corrected chi connectivity index (χ4v) is 3.63. The Bertz CT molecular complexity index is 1300. The number of aryl methyl sites for hydroxylation is 2. The predicted octanol–water partition coefficient (Wildman–Crippen LogP) is 3.48. The maximum absolute atomic E-state index is 14.9. The Hall–Kier alpha value is -3.56. The van der Waals surface area contributed by atoms with E-state index in [-0.39, 0.29) is 17.2 Å². The van der Waals surface area contributed by atoms with Gasteiger partial charge in [0.15, 0.2) is 17.7 Å². The number of aliphatic hydroxyl groups excluding tert-OH is 1. The van der Waals surface area contributed by atoms with Crippen LogP contribution in [0.3, 0.4) is 0 Å². The Morgan fingerprint density at radius 3 is 2.71 bits per heavy atom. The van der Waals surface area contributed by atoms with Crippen LogP contribution in [0.2, 0.25) is 5.02 Å². The lowest BCUT2D eigenvalue weighted by Gasteiger charge is -2.14. The summed E-state index contributed by atoms with van der Waals surface area (Å²) in [5.74, 6) is -1.20. The van der Waals surface area contributed by atoms with Gasteiger partial charge in [-0.2, -0.15) is 5.10 Å². The van der Waals surface area contributed by atoms with Crippen molar-refractivity contribution in [3.05, 3.63) is 70.4 Å². The number of halogens is 2. The maximum Gasteiger partial charge on any atom is 0.257 e. The molecule has 0 aliphatic heterocycles. The van der Waals surface area contributed by atoms with Crippen LogP contribution in [0.25, 0.3) is 16.7 Å². The third kappa shape index (κ3) is 3.92. The lowest BCUT2D eigenvalue weighted by molar-refractivity contribution is -0.124. The van der Waals surface area contributed by atoms with Crippen molar-refractivity contribution in [2.24, 2.45) is 0 Å². The van der Waals surface area contributed by atoms with Crippen LogP contribution < -0.4 is 11.1 Å². The molecule has 0 aliphatic rings. The molecule has 158 valence electrons. The van der Waals surface area contributed by atoms with Crippen molar-refractivity contribution in [3.8, 4) is 5.69 Å². The molecule has 2 heterocycles. The van der Waals surface area contributed by atoms with Crippen LogP contribution in [-0.2, 0) is 4.79 Å². The van der Waals surface area contributed by atoms with E-state index in [1.165, 1.54) is 29.2 Å². The molecule has 0 saturated heterocycles. The highest BCUT2D eigenvalue weighted by Gasteiger charge is 2.20. The number of amides is 1. The molecule has 0 saturated carbocycles. The van der Waals surface area contributed by atoms with E-state index in [9.17, 15) is 14.3 Å². The van der Waals surface area contributed by atoms with Gasteiger partial charge in [0.1, 0.15) is 23.0 Å². The van der Waals surface area contributed by atoms with Crippen molar-refractivity contribution < 1.29 is 14.3 Å². The summed E-state index contributed by atoms with van der Waals surface area (Å²) in [7, 11) is 0. The van der Waals surface area contributed by atoms with Gasteiger partial charge in [-0.05, 0) is 55.3 Å². The average Bonchev–Trinajstić information content (AvgIpc) is 3.04. The lowest BCUT2D eigenvalue weighted by atomic mass is 10.1. The molecule has 4 N–H and O–H groups in total. The number of hydrogen-bond acceptors (Lipinski definition) is 6. The highest BCUT2D eigenvalue weighted by atomic mass is 35.5. The summed E-state index contributed by atoms with van der Waals surface area (Å²) in [6, 6.07) is 8.93. The minimum Gasteiger partial charge on any atom is -0.382 e. The van der Waals surface area contributed by atoms with Gasteiger partial charge < -0.3 is 16.2 Å². The topological polar surface area (TPSA) is 119 Å². The van der Waals surface area contributed by atoms with E-state index in [4.69, 9.17) is 17.3 Å². The Kier molecular flexibility index (Phi) is 5.30. The van der Waals surface area contributed by atoms with Crippen molar-refractivity contribution >= 4 is 40.0 Å². The van der Waals surface area contributed by atoms with Crippen molar-refractivity contribution in [2.45, 2.75) is 20.0 Å². The van der Waals surface area contributed by atoms with Gasteiger partial charge in [0.25, 0.3) is 5.91 Å². The molecule has 0 fully saturated rings. The number of rotatable bonds is 4. The average molecular weight is 441 g/mol. The summed E-state index contributed by atoms with van der Waals surface area (Å²) in [4.78, 5) is 20.5. The molecule has 0 aliphatic carbocycles. The summed E-state index contributed by atoms with van der Waals surface area (Å²) < 4.78 is 16.2. The minimum absolute atomic E-state index is 0.114. The van der Waals surface area contributed by atoms with Crippen LogP contribution >= 0.6 is 11.6 Å². The van der Waals surface area contributed by atoms with E-state index in [0.717, 1.165) is 11.6 Å². The fourth-order valence-electron chi connectivity index (χ4n) is 3.33. The maximum atomic E-state index is 14.9. The van der Waals surface area contributed by atoms with Crippen molar-refractivity contribution in [1.82, 2.24) is 19.7 Å². The number of nitrogens with one attached hydrogen (secondary N) is 1. The van der Waals surface area contributed by atoms with E-state index in [0.29, 0.717) is 27.3 Å². The van der Waals surface area contributed by atoms with E-state index in [1.807, 2.05) is 0 Å². The number of nitrogen functional groups attached to an aromatic ring is 1. The fraction of sp³-hybridized carbons (Fsp3) is 0.143. The molecule has 0 bridgehead atoms. The molecular formula is C21H18ClFN6O2. The first-order valence-electron chi connectivity index (χ1n) is 9.26. The predicted molar refractivity (Wildman–Crippen MR) is 116 cm³/mol. The number of carbonyl (C=O) groups is 1. The van der Waals surface area contributed by atoms with Crippen molar-refractivity contribution in [3.63, 3.8) is 0 Å². The standard InChI is InChI=1S/C21H18ClFN6O2/c1-10-5-12(7-13(22)6-10)19(30)21(31)27-14-3-4-16(15(23)8-14)29-18-17(11(2)28-29)25-9-26-20(18)24/h3-9,19,30H,1-2H3,(H,27,31)(H2,24,25,26). The molecule has 10 heteroatoms. The second-order valence-corrected chi connectivity index (χ2v) is 7.51. The van der Waals surface area contributed by atoms with Crippen LogP contribution in [0, 0.1) is 19.7 Å². The highest BCUT2D eigenvalue weighted by Crippen LogP contribution is 2.27. The third-order valence-electron chi connectivity index (χ3n) is 4.73. The molecule has 4 aromatic rings. The zero-order chi connectivity index (χ0) is 22.3. The zero-order valence-electron chi connectivity index (χ0n) is 16.6. The van der Waals surface area contributed by atoms with Crippen LogP contribution in [0.4, 0.5) is 15.9 Å². The molecule has 0 radical (unpaired) electrons. The van der Waals surface area contributed by atoms with Crippen LogP contribution in [0.1, 0.15) is 22.9 Å². The molecular weight excluding hydrogens is 423 g/mol. The molecule has 31 heavy (non-hydrogen) atoms. The largest absolute Gasteiger partial charge is 0.382 e. The molecule has 2 aromatic carbocycles. The summed E-state index contributed by atoms with van der Waals surface area (Å²) in [6.07, 6.45) is -0.145. The summed E-state index contributed by atoms with van der Waals surface area (Å²) in [6.45, 7) is 3.53. The number of carbonyl (C=O) groups excluding carboxylic acids is 1. The number of anilines is 2. The third-order valence-corrected chi connectivity index (χ3v) is 4.95. The smallest absolute Gasteiger partial charge is 0.257 e. The Balaban J connectivity index is 1.62. The zero-order valence-corrected chi connectivity index (χ0v) is 17.4. The number of benzene rings is 2. The Morgan fingerprint density at radius 2 is 2.00 bits per heavy atom. The van der Waals surface area contributed by atoms with Gasteiger partial charge >= 0.3 is 0 Å². The van der Waals surface area contributed by atoms with Gasteiger partial charge in [-0.15, -0.1) is 0 Å². The lowest BCUT2D eigenvalue weighted by Crippen LogP contribution is -2.21. The van der Waals surface area contributed by atoms with E-state index in [2.05, 4.69) is 20.4 Å². The number of fused-ring (bicyclic) bond motifs is 1. The van der Waals surface area contributed by atoms with E-state index in [1.54, 1.807) is 26.0 Å². The van der Waals surface area contributed by atoms with E-state index < -0.39 is 17.8 Å². The molecule has 1 unspecified atom stereocenters. The number of aromatic nitrogens is 4. The number of aliphatic hydroxyl groups is 1. The second kappa shape index (κ2) is 7.93. The molecule has 0 spiro atoms. The van der Waals surface area contributed by atoms with Gasteiger partial charge in [-0.1, -0.05) is 17.7 Å². The van der Waals surface area contributed by atoms with Crippen molar-refractivity contribution in [2.75, 3.05) is 11.1 Å². The molecule has 4 rings (SSSR count). The van der Waals surface area contributed by atoms with Crippen LogP contribution in [-0.4, -0.2) is 30.8 Å². The van der Waals surface area contributed by atoms with Crippen molar-refractivity contribution in [1.29, 1.82) is 0 Å². The highest BCUT2D eigenvalue weighted by molar-refractivity contribution is 6.30. The normalized spacial score (nSPS) is 12.2. The first kappa shape index (κ1) is 20.7. The van der Waals surface area contributed by atoms with Crippen LogP contribution in [0.5, 0.6) is 0 Å². The summed E-state index contributed by atoms with van der Waals surface area (Å²) in [5, 5.41) is 17.6. The second-order valence-electron chi connectivity index (χ2n) is 7.07. The SMILES string of the molecule is Cc1cc(Cl)cc(C(O)C(=O)Nc2ccc(-n3nc(C)c4ncnc(N)c43)c(F)c2)c1. The van der Waals surface area contributed by atoms with E-state index >= 15 is 0 Å². The monoisotopic (exact) mass is 440 g/mol. The van der Waals surface area contributed by atoms with Gasteiger partial charge in [-0.3, -0.25) is 4.79 Å². The quantitative estimate of drug-likeness (QED) is 0.447. The van der Waals surface area contributed by atoms with Gasteiger partial charge in [0, 0.05) is 10.7 Å². The first-order chi connectivity index (χ1) is 14.7. The minimum atomic E-state index is -1.46. The number of nitrogens with two attached hydrogens (primary N) is 1. The van der Waals surface area contributed by atoms with Gasteiger partial charge in [0.2, 0.25) is 0 Å². The molecule has 8 nitrogen and oxygen atoms in total. The Labute approximate surface area is 181 Å². The summed E-state index contributed by atoms with van der Waals surface area (Å²) in [5.41, 5.74) is 8.84. The molecule has 2 aromatic heterocycles. The Morgan fingerprint density at radius 1 is 1.23 bits per heavy atom. The van der Waals surface area contributed by atoms with Crippen LogP contribution in [0.15, 0.2) is 42.7 Å². The molecule has 1 atom stereocenters. The number of hydrogen-bond donors (Lipinski definition) is 3. The first-order valence-corrected chi connectivity index (χ1v) is 9.64. The van der Waals surface area contributed by atoms with Gasteiger partial charge in [-0.25, -0.2) is 19.0 Å². The summed E-state index contributed by atoms with van der Waals surface area (Å²) >= 11 is 5.99. The number of nitrogens with zero attached hydrogens (tertiary/aromatic N) is 4. The molecule has 1 amide bonds. The van der Waals surface area contributed by atoms with Gasteiger partial charge in [0.05, 0.1) is 5.69 Å².